The predicted molar refractivity (Wildman–Crippen MR) is 121 cm³/mol. The Hall–Kier alpha value is -3.47. The largest absolute Gasteiger partial charge is 0.484 e. The number of nitrogens with zero attached hydrogens (tertiary/aromatic N) is 2. The molecule has 0 bridgehead atoms. The lowest BCUT2D eigenvalue weighted by atomic mass is 10.1. The smallest absolute Gasteiger partial charge is 0.262 e. The predicted octanol–water partition coefficient (Wildman–Crippen LogP) is 6.85. The van der Waals surface area contributed by atoms with E-state index >= 15 is 0 Å². The first-order valence-corrected chi connectivity index (χ1v) is 10.3. The minimum atomic E-state index is -0.208. The first kappa shape index (κ1) is 21.2. The Balaban J connectivity index is 1.44. The van der Waals surface area contributed by atoms with Crippen LogP contribution in [0.2, 0.25) is 0 Å². The molecule has 0 aromatic heterocycles. The van der Waals surface area contributed by atoms with Crippen LogP contribution in [0.1, 0.15) is 31.7 Å². The number of hydrogen-bond acceptors (Lipinski definition) is 4. The Morgan fingerprint density at radius 1 is 0.833 bits per heavy atom. The minimum absolute atomic E-state index is 0.0371. The maximum Gasteiger partial charge on any atom is 0.262 e. The van der Waals surface area contributed by atoms with Gasteiger partial charge in [0, 0.05) is 5.69 Å². The van der Waals surface area contributed by atoms with Crippen molar-refractivity contribution in [2.24, 2.45) is 10.2 Å². The van der Waals surface area contributed by atoms with E-state index in [1.807, 2.05) is 42.5 Å². The highest BCUT2D eigenvalue weighted by atomic mass is 16.5. The average molecular weight is 402 g/mol. The molecular weight excluding hydrogens is 374 g/mol. The van der Waals surface area contributed by atoms with Crippen molar-refractivity contribution in [3.63, 3.8) is 0 Å². The SMILES string of the molecule is CCCCCc1ccc(OCC(=O)Nc2ccc(N=Nc3ccccc3)cc2)cc1. The van der Waals surface area contributed by atoms with E-state index < -0.39 is 0 Å². The second kappa shape index (κ2) is 11.5. The second-order valence-corrected chi connectivity index (χ2v) is 7.02. The molecule has 3 aromatic carbocycles. The fourth-order valence-electron chi connectivity index (χ4n) is 2.90. The summed E-state index contributed by atoms with van der Waals surface area (Å²) in [5.74, 6) is 0.488. The Morgan fingerprint density at radius 3 is 2.17 bits per heavy atom. The van der Waals surface area contributed by atoms with Gasteiger partial charge in [-0.05, 0) is 66.9 Å². The molecule has 0 unspecified atom stereocenters. The van der Waals surface area contributed by atoms with Crippen LogP contribution in [0, 0.1) is 0 Å². The number of rotatable bonds is 10. The van der Waals surface area contributed by atoms with Gasteiger partial charge < -0.3 is 10.1 Å². The number of ether oxygens (including phenoxy) is 1. The summed E-state index contributed by atoms with van der Waals surface area (Å²) in [6.07, 6.45) is 4.74. The van der Waals surface area contributed by atoms with Crippen LogP contribution >= 0.6 is 0 Å². The van der Waals surface area contributed by atoms with Crippen molar-refractivity contribution in [3.05, 3.63) is 84.4 Å². The van der Waals surface area contributed by atoms with Crippen LogP contribution in [0.3, 0.4) is 0 Å². The molecule has 5 heteroatoms. The maximum atomic E-state index is 12.1. The number of azo groups is 1. The van der Waals surface area contributed by atoms with Crippen LogP contribution in [-0.4, -0.2) is 12.5 Å². The lowest BCUT2D eigenvalue weighted by molar-refractivity contribution is -0.118. The second-order valence-electron chi connectivity index (χ2n) is 7.02. The number of aryl methyl sites for hydroxylation is 1. The molecule has 1 amide bonds. The number of nitrogens with one attached hydrogen (secondary N) is 1. The summed E-state index contributed by atoms with van der Waals surface area (Å²) < 4.78 is 5.59. The summed E-state index contributed by atoms with van der Waals surface area (Å²) in [6.45, 7) is 2.16. The molecule has 30 heavy (non-hydrogen) atoms. The van der Waals surface area contributed by atoms with Gasteiger partial charge in [0.05, 0.1) is 11.4 Å². The molecule has 0 saturated heterocycles. The fraction of sp³-hybridized carbons (Fsp3) is 0.240. The van der Waals surface area contributed by atoms with Gasteiger partial charge in [-0.25, -0.2) is 0 Å². The van der Waals surface area contributed by atoms with Crippen molar-refractivity contribution >= 4 is 23.0 Å². The average Bonchev–Trinajstić information content (AvgIpc) is 2.79. The van der Waals surface area contributed by atoms with Gasteiger partial charge in [-0.1, -0.05) is 50.1 Å². The number of carbonyl (C=O) groups excluding carboxylic acids is 1. The number of anilines is 1. The van der Waals surface area contributed by atoms with Gasteiger partial charge in [0.2, 0.25) is 0 Å². The third-order valence-electron chi connectivity index (χ3n) is 4.55. The van der Waals surface area contributed by atoms with Gasteiger partial charge in [0.25, 0.3) is 5.91 Å². The molecule has 0 spiro atoms. The molecule has 0 heterocycles. The molecule has 0 fully saturated rings. The zero-order chi connectivity index (χ0) is 21.0. The number of unbranched alkanes of at least 4 members (excludes halogenated alkanes) is 2. The van der Waals surface area contributed by atoms with Gasteiger partial charge in [0.15, 0.2) is 6.61 Å². The molecule has 3 aromatic rings. The first-order chi connectivity index (χ1) is 14.7. The van der Waals surface area contributed by atoms with E-state index in [0.717, 1.165) is 12.1 Å². The van der Waals surface area contributed by atoms with Crippen LogP contribution in [0.4, 0.5) is 17.1 Å². The molecule has 3 rings (SSSR count). The first-order valence-electron chi connectivity index (χ1n) is 10.3. The molecule has 0 radical (unpaired) electrons. The van der Waals surface area contributed by atoms with Gasteiger partial charge in [0.1, 0.15) is 5.75 Å². The molecule has 1 N–H and O–H groups in total. The molecule has 0 aliphatic rings. The monoisotopic (exact) mass is 401 g/mol. The van der Waals surface area contributed by atoms with Crippen molar-refractivity contribution in [1.29, 1.82) is 0 Å². The van der Waals surface area contributed by atoms with Crippen LogP contribution in [-0.2, 0) is 11.2 Å². The molecule has 0 saturated carbocycles. The third-order valence-corrected chi connectivity index (χ3v) is 4.55. The van der Waals surface area contributed by atoms with Gasteiger partial charge in [-0.15, -0.1) is 0 Å². The molecular formula is C25H27N3O2. The number of amides is 1. The number of hydrogen-bond donors (Lipinski definition) is 1. The summed E-state index contributed by atoms with van der Waals surface area (Å²) in [7, 11) is 0. The lowest BCUT2D eigenvalue weighted by Crippen LogP contribution is -2.20. The summed E-state index contributed by atoms with van der Waals surface area (Å²) >= 11 is 0. The normalized spacial score (nSPS) is 10.8. The van der Waals surface area contributed by atoms with E-state index in [4.69, 9.17) is 4.74 Å². The van der Waals surface area contributed by atoms with Crippen molar-refractivity contribution < 1.29 is 9.53 Å². The Morgan fingerprint density at radius 2 is 1.50 bits per heavy atom. The van der Waals surface area contributed by atoms with Crippen molar-refractivity contribution in [1.82, 2.24) is 0 Å². The lowest BCUT2D eigenvalue weighted by Gasteiger charge is -2.08. The summed E-state index contributed by atoms with van der Waals surface area (Å²) in [6, 6.07) is 24.7. The van der Waals surface area contributed by atoms with Crippen molar-refractivity contribution in [3.8, 4) is 5.75 Å². The van der Waals surface area contributed by atoms with Crippen LogP contribution in [0.15, 0.2) is 89.1 Å². The highest BCUT2D eigenvalue weighted by Crippen LogP contribution is 2.20. The summed E-state index contributed by atoms with van der Waals surface area (Å²) in [5, 5.41) is 11.2. The highest BCUT2D eigenvalue weighted by Gasteiger charge is 2.04. The number of benzene rings is 3. The van der Waals surface area contributed by atoms with E-state index in [0.29, 0.717) is 17.1 Å². The van der Waals surface area contributed by atoms with Crippen LogP contribution < -0.4 is 10.1 Å². The van der Waals surface area contributed by atoms with Crippen molar-refractivity contribution in [2.75, 3.05) is 11.9 Å². The zero-order valence-electron chi connectivity index (χ0n) is 17.3. The molecule has 0 aliphatic heterocycles. The van der Waals surface area contributed by atoms with E-state index in [2.05, 4.69) is 34.6 Å². The zero-order valence-corrected chi connectivity index (χ0v) is 17.3. The van der Waals surface area contributed by atoms with Crippen LogP contribution in [0.5, 0.6) is 5.75 Å². The van der Waals surface area contributed by atoms with Gasteiger partial charge in [-0.3, -0.25) is 4.79 Å². The molecule has 0 atom stereocenters. The van der Waals surface area contributed by atoms with Crippen LogP contribution in [0.25, 0.3) is 0 Å². The van der Waals surface area contributed by atoms with E-state index in [9.17, 15) is 4.79 Å². The third kappa shape index (κ3) is 7.17. The van der Waals surface area contributed by atoms with Crippen molar-refractivity contribution in [2.45, 2.75) is 32.6 Å². The van der Waals surface area contributed by atoms with E-state index in [-0.39, 0.29) is 12.5 Å². The van der Waals surface area contributed by atoms with Gasteiger partial charge in [-0.2, -0.15) is 10.2 Å². The summed E-state index contributed by atoms with van der Waals surface area (Å²) in [4.78, 5) is 12.1. The molecule has 5 nitrogen and oxygen atoms in total. The Kier molecular flexibility index (Phi) is 8.15. The maximum absolute atomic E-state index is 12.1. The molecule has 154 valence electrons. The quantitative estimate of drug-likeness (QED) is 0.298. The highest BCUT2D eigenvalue weighted by molar-refractivity contribution is 5.92. The van der Waals surface area contributed by atoms with E-state index in [1.54, 1.807) is 24.3 Å². The standard InChI is InChI=1S/C25H27N3O2/c1-2-3-5-8-20-11-17-24(18-12-20)30-19-25(29)26-21-13-15-23(16-14-21)28-27-22-9-6-4-7-10-22/h4,6-7,9-18H,2-3,5,8,19H2,1H3,(H,26,29). The minimum Gasteiger partial charge on any atom is -0.484 e. The van der Waals surface area contributed by atoms with Gasteiger partial charge >= 0.3 is 0 Å². The summed E-state index contributed by atoms with van der Waals surface area (Å²) in [5.41, 5.74) is 3.49. The Bertz CT molecular complexity index is 936. The molecule has 0 aliphatic carbocycles. The van der Waals surface area contributed by atoms with E-state index in [1.165, 1.54) is 24.8 Å². The number of carbonyl (C=O) groups is 1. The Labute approximate surface area is 177 Å². The topological polar surface area (TPSA) is 63.0 Å². The fourth-order valence-corrected chi connectivity index (χ4v) is 2.90.